The lowest BCUT2D eigenvalue weighted by Crippen LogP contribution is -2.14. The first-order valence-electron chi connectivity index (χ1n) is 7.72. The summed E-state index contributed by atoms with van der Waals surface area (Å²) in [5, 5.41) is 7.96. The summed E-state index contributed by atoms with van der Waals surface area (Å²) in [5.41, 5.74) is 0.151. The van der Waals surface area contributed by atoms with Crippen LogP contribution in [0.2, 0.25) is 0 Å². The fourth-order valence-corrected chi connectivity index (χ4v) is 2.33. The molecule has 0 aliphatic carbocycles. The summed E-state index contributed by atoms with van der Waals surface area (Å²) in [5.74, 6) is -2.67. The zero-order chi connectivity index (χ0) is 19.4. The van der Waals surface area contributed by atoms with Crippen LogP contribution in [0.5, 0.6) is 0 Å². The number of nitrogens with zero attached hydrogens (tertiary/aromatic N) is 1. The Kier molecular flexibility index (Phi) is 5.16. The molecular formula is C19H12F3N3O2. The van der Waals surface area contributed by atoms with Gasteiger partial charge in [0.25, 0.3) is 5.91 Å². The van der Waals surface area contributed by atoms with Gasteiger partial charge in [0.05, 0.1) is 11.3 Å². The van der Waals surface area contributed by atoms with Gasteiger partial charge in [-0.3, -0.25) is 4.79 Å². The number of halogens is 3. The molecule has 0 atom stereocenters. The number of amides is 1. The van der Waals surface area contributed by atoms with E-state index in [1.165, 1.54) is 36.4 Å². The highest BCUT2D eigenvalue weighted by Gasteiger charge is 2.17. The van der Waals surface area contributed by atoms with Crippen LogP contribution in [0.25, 0.3) is 0 Å². The molecule has 2 N–H and O–H groups in total. The molecule has 0 aliphatic rings. The zero-order valence-electron chi connectivity index (χ0n) is 13.7. The van der Waals surface area contributed by atoms with E-state index < -0.39 is 23.4 Å². The van der Waals surface area contributed by atoms with Crippen molar-refractivity contribution in [3.05, 3.63) is 88.6 Å². The monoisotopic (exact) mass is 371 g/mol. The van der Waals surface area contributed by atoms with Gasteiger partial charge in [-0.2, -0.15) is 0 Å². The molecule has 8 heteroatoms. The van der Waals surface area contributed by atoms with Crippen LogP contribution in [0, 0.1) is 22.4 Å². The van der Waals surface area contributed by atoms with Crippen molar-refractivity contribution in [1.29, 1.82) is 0 Å². The van der Waals surface area contributed by atoms with Crippen molar-refractivity contribution < 1.29 is 18.0 Å². The van der Waals surface area contributed by atoms with Gasteiger partial charge in [0, 0.05) is 17.4 Å². The average molecular weight is 371 g/mol. The van der Waals surface area contributed by atoms with Gasteiger partial charge in [-0.25, -0.2) is 13.2 Å². The molecule has 3 aromatic carbocycles. The lowest BCUT2D eigenvalue weighted by Gasteiger charge is -2.12. The SMILES string of the molecule is O=Nc1cc(F)c(C(=O)Nc2ccc(F)cc2)cc1Nc1ccc(F)cc1. The molecule has 1 amide bonds. The third kappa shape index (κ3) is 4.30. The topological polar surface area (TPSA) is 70.6 Å². The molecule has 3 rings (SSSR count). The van der Waals surface area contributed by atoms with Crippen molar-refractivity contribution in [1.82, 2.24) is 0 Å². The molecule has 136 valence electrons. The van der Waals surface area contributed by atoms with E-state index in [1.54, 1.807) is 0 Å². The van der Waals surface area contributed by atoms with E-state index in [9.17, 15) is 22.9 Å². The Balaban J connectivity index is 1.90. The molecule has 0 unspecified atom stereocenters. The number of hydrogen-bond donors (Lipinski definition) is 2. The summed E-state index contributed by atoms with van der Waals surface area (Å²) in [7, 11) is 0. The highest BCUT2D eigenvalue weighted by Crippen LogP contribution is 2.31. The maximum atomic E-state index is 14.2. The maximum absolute atomic E-state index is 14.2. The van der Waals surface area contributed by atoms with Gasteiger partial charge in [0.15, 0.2) is 0 Å². The highest BCUT2D eigenvalue weighted by atomic mass is 19.1. The first kappa shape index (κ1) is 18.1. The van der Waals surface area contributed by atoms with E-state index in [2.05, 4.69) is 15.8 Å². The predicted octanol–water partition coefficient (Wildman–Crippen LogP) is 5.50. The number of benzene rings is 3. The highest BCUT2D eigenvalue weighted by molar-refractivity contribution is 6.05. The second-order valence-corrected chi connectivity index (χ2v) is 5.53. The molecular weight excluding hydrogens is 359 g/mol. The average Bonchev–Trinajstić information content (AvgIpc) is 2.66. The van der Waals surface area contributed by atoms with Crippen LogP contribution in [0.1, 0.15) is 10.4 Å². The lowest BCUT2D eigenvalue weighted by atomic mass is 10.1. The van der Waals surface area contributed by atoms with E-state index in [4.69, 9.17) is 0 Å². The van der Waals surface area contributed by atoms with Gasteiger partial charge in [-0.1, -0.05) is 0 Å². The summed E-state index contributed by atoms with van der Waals surface area (Å²) in [6.07, 6.45) is 0. The Labute approximate surface area is 151 Å². The van der Waals surface area contributed by atoms with Crippen LogP contribution >= 0.6 is 0 Å². The van der Waals surface area contributed by atoms with Gasteiger partial charge >= 0.3 is 0 Å². The zero-order valence-corrected chi connectivity index (χ0v) is 13.7. The van der Waals surface area contributed by atoms with Crippen molar-refractivity contribution in [2.75, 3.05) is 10.6 Å². The van der Waals surface area contributed by atoms with Crippen LogP contribution in [0.4, 0.5) is 35.9 Å². The summed E-state index contributed by atoms with van der Waals surface area (Å²) < 4.78 is 40.2. The summed E-state index contributed by atoms with van der Waals surface area (Å²) in [4.78, 5) is 23.3. The molecule has 0 saturated heterocycles. The largest absolute Gasteiger partial charge is 0.354 e. The molecule has 0 fully saturated rings. The van der Waals surface area contributed by atoms with E-state index >= 15 is 0 Å². The Morgan fingerprint density at radius 2 is 1.37 bits per heavy atom. The van der Waals surface area contributed by atoms with E-state index in [0.29, 0.717) is 5.69 Å². The fraction of sp³-hybridized carbons (Fsp3) is 0. The number of hydrogen-bond acceptors (Lipinski definition) is 4. The maximum Gasteiger partial charge on any atom is 0.258 e. The summed E-state index contributed by atoms with van der Waals surface area (Å²) in [6, 6.07) is 12.1. The minimum atomic E-state index is -0.950. The predicted molar refractivity (Wildman–Crippen MR) is 95.9 cm³/mol. The number of nitrogens with one attached hydrogen (secondary N) is 2. The standard InChI is InChI=1S/C19H12F3N3O2/c20-11-1-5-13(6-2-11)23-17-9-15(16(22)10-18(17)25-27)19(26)24-14-7-3-12(21)4-8-14/h1-10,23H,(H,24,26). The first-order valence-corrected chi connectivity index (χ1v) is 7.72. The molecule has 0 radical (unpaired) electrons. The van der Waals surface area contributed by atoms with E-state index in [1.807, 2.05) is 0 Å². The van der Waals surface area contributed by atoms with Crippen LogP contribution in [0.15, 0.2) is 65.8 Å². The molecule has 0 aromatic heterocycles. The molecule has 5 nitrogen and oxygen atoms in total. The minimum Gasteiger partial charge on any atom is -0.354 e. The molecule has 0 bridgehead atoms. The van der Waals surface area contributed by atoms with E-state index in [0.717, 1.165) is 24.3 Å². The van der Waals surface area contributed by atoms with Crippen LogP contribution < -0.4 is 10.6 Å². The Bertz CT molecular complexity index is 990. The fourth-order valence-electron chi connectivity index (χ4n) is 2.33. The normalized spacial score (nSPS) is 10.3. The van der Waals surface area contributed by atoms with Gasteiger partial charge in [-0.15, -0.1) is 4.91 Å². The van der Waals surface area contributed by atoms with Crippen molar-refractivity contribution in [3.8, 4) is 0 Å². The number of nitroso groups, excluding NO2 is 1. The van der Waals surface area contributed by atoms with Crippen molar-refractivity contribution in [3.63, 3.8) is 0 Å². The third-order valence-electron chi connectivity index (χ3n) is 3.65. The summed E-state index contributed by atoms with van der Waals surface area (Å²) >= 11 is 0. The molecule has 0 saturated carbocycles. The Hall–Kier alpha value is -3.68. The number of carbonyl (C=O) groups excluding carboxylic acids is 1. The molecule has 0 spiro atoms. The van der Waals surface area contributed by atoms with Gasteiger partial charge < -0.3 is 10.6 Å². The lowest BCUT2D eigenvalue weighted by molar-refractivity contribution is 0.102. The van der Waals surface area contributed by atoms with Gasteiger partial charge in [0.2, 0.25) is 0 Å². The molecule has 0 heterocycles. The Morgan fingerprint density at radius 3 is 1.93 bits per heavy atom. The first-order chi connectivity index (χ1) is 13.0. The third-order valence-corrected chi connectivity index (χ3v) is 3.65. The Morgan fingerprint density at radius 1 is 0.815 bits per heavy atom. The second-order valence-electron chi connectivity index (χ2n) is 5.53. The van der Waals surface area contributed by atoms with Crippen molar-refractivity contribution >= 4 is 28.7 Å². The molecule has 3 aromatic rings. The van der Waals surface area contributed by atoms with Crippen molar-refractivity contribution in [2.24, 2.45) is 5.18 Å². The minimum absolute atomic E-state index is 0.0715. The van der Waals surface area contributed by atoms with Crippen molar-refractivity contribution in [2.45, 2.75) is 0 Å². The number of carbonyl (C=O) groups is 1. The quantitative estimate of drug-likeness (QED) is 0.582. The molecule has 27 heavy (non-hydrogen) atoms. The summed E-state index contributed by atoms with van der Waals surface area (Å²) in [6.45, 7) is 0. The van der Waals surface area contributed by atoms with Crippen LogP contribution in [-0.4, -0.2) is 5.91 Å². The second kappa shape index (κ2) is 7.69. The number of rotatable bonds is 5. The van der Waals surface area contributed by atoms with Gasteiger partial charge in [-0.05, 0) is 59.8 Å². The van der Waals surface area contributed by atoms with E-state index in [-0.39, 0.29) is 22.6 Å². The molecule has 0 aliphatic heterocycles. The smallest absolute Gasteiger partial charge is 0.258 e. The number of anilines is 3. The van der Waals surface area contributed by atoms with Crippen LogP contribution in [0.3, 0.4) is 0 Å². The van der Waals surface area contributed by atoms with Crippen LogP contribution in [-0.2, 0) is 0 Å². The van der Waals surface area contributed by atoms with Gasteiger partial charge in [0.1, 0.15) is 23.1 Å².